The van der Waals surface area contributed by atoms with Crippen LogP contribution in [0, 0.1) is 11.3 Å². The van der Waals surface area contributed by atoms with Crippen molar-refractivity contribution in [2.45, 2.75) is 6.54 Å². The smallest absolute Gasteiger partial charge is 0.242 e. The van der Waals surface area contributed by atoms with Gasteiger partial charge in [0.15, 0.2) is 0 Å². The molecule has 4 nitrogen and oxygen atoms in total. The third-order valence-corrected chi connectivity index (χ3v) is 4.22. The average Bonchev–Trinajstić information content (AvgIpc) is 2.59. The summed E-state index contributed by atoms with van der Waals surface area (Å²) in [6, 6.07) is 17.0. The van der Waals surface area contributed by atoms with Crippen molar-refractivity contribution in [2.24, 2.45) is 0 Å². The van der Waals surface area contributed by atoms with E-state index in [1.165, 1.54) is 0 Å². The Morgan fingerprint density at radius 2 is 1.74 bits per heavy atom. The highest BCUT2D eigenvalue weighted by molar-refractivity contribution is 6.30. The topological polar surface area (TPSA) is 47.3 Å². The molecule has 0 spiro atoms. The molecular weight excluding hydrogens is 310 g/mol. The predicted octanol–water partition coefficient (Wildman–Crippen LogP) is 3.06. The van der Waals surface area contributed by atoms with E-state index in [-0.39, 0.29) is 5.91 Å². The molecule has 0 N–H and O–H groups in total. The molecule has 2 aromatic rings. The lowest BCUT2D eigenvalue weighted by atomic mass is 10.1. The maximum absolute atomic E-state index is 12.4. The fourth-order valence-electron chi connectivity index (χ4n) is 2.65. The number of hydrogen-bond acceptors (Lipinski definition) is 3. The van der Waals surface area contributed by atoms with Crippen LogP contribution in [0.15, 0.2) is 48.5 Å². The van der Waals surface area contributed by atoms with Gasteiger partial charge in [0, 0.05) is 30.3 Å². The molecule has 1 amide bonds. The SMILES string of the molecule is N#Cc1ccc(N2CCN(Cc3ccc(Cl)cc3)C(=O)C2)cc1. The van der Waals surface area contributed by atoms with Crippen LogP contribution in [0.5, 0.6) is 0 Å². The molecule has 0 radical (unpaired) electrons. The summed E-state index contributed by atoms with van der Waals surface area (Å²) in [5, 5.41) is 9.54. The van der Waals surface area contributed by atoms with Crippen LogP contribution in [0.3, 0.4) is 0 Å². The highest BCUT2D eigenvalue weighted by Crippen LogP contribution is 2.19. The Morgan fingerprint density at radius 1 is 1.04 bits per heavy atom. The van der Waals surface area contributed by atoms with Gasteiger partial charge < -0.3 is 9.80 Å². The molecule has 5 heteroatoms. The first kappa shape index (κ1) is 15.4. The normalized spacial score (nSPS) is 14.7. The molecule has 1 heterocycles. The summed E-state index contributed by atoms with van der Waals surface area (Å²) < 4.78 is 0. The van der Waals surface area contributed by atoms with Crippen molar-refractivity contribution in [3.63, 3.8) is 0 Å². The van der Waals surface area contributed by atoms with Crippen molar-refractivity contribution in [3.8, 4) is 6.07 Å². The van der Waals surface area contributed by atoms with E-state index in [0.717, 1.165) is 17.8 Å². The summed E-state index contributed by atoms with van der Waals surface area (Å²) in [6.45, 7) is 2.43. The van der Waals surface area contributed by atoms with Gasteiger partial charge >= 0.3 is 0 Å². The molecular formula is C18H16ClN3O. The molecule has 0 saturated carbocycles. The number of nitriles is 1. The molecule has 1 aliphatic rings. The van der Waals surface area contributed by atoms with Crippen molar-refractivity contribution in [3.05, 3.63) is 64.7 Å². The van der Waals surface area contributed by atoms with Crippen molar-refractivity contribution in [1.82, 2.24) is 4.90 Å². The van der Waals surface area contributed by atoms with Crippen LogP contribution >= 0.6 is 11.6 Å². The number of piperazine rings is 1. The summed E-state index contributed by atoms with van der Waals surface area (Å²) in [5.74, 6) is 0.107. The molecule has 0 unspecified atom stereocenters. The lowest BCUT2D eigenvalue weighted by molar-refractivity contribution is -0.131. The van der Waals surface area contributed by atoms with Crippen molar-refractivity contribution >= 4 is 23.2 Å². The van der Waals surface area contributed by atoms with Gasteiger partial charge in [-0.05, 0) is 42.0 Å². The van der Waals surface area contributed by atoms with E-state index in [0.29, 0.717) is 30.2 Å². The highest BCUT2D eigenvalue weighted by Gasteiger charge is 2.24. The molecule has 23 heavy (non-hydrogen) atoms. The molecule has 1 aliphatic heterocycles. The van der Waals surface area contributed by atoms with E-state index in [2.05, 4.69) is 6.07 Å². The number of amides is 1. The maximum atomic E-state index is 12.4. The number of carbonyl (C=O) groups is 1. The third kappa shape index (κ3) is 3.64. The first-order chi connectivity index (χ1) is 11.2. The fraction of sp³-hybridized carbons (Fsp3) is 0.222. The Morgan fingerprint density at radius 3 is 2.35 bits per heavy atom. The average molecular weight is 326 g/mol. The van der Waals surface area contributed by atoms with Crippen molar-refractivity contribution in [1.29, 1.82) is 5.26 Å². The zero-order valence-corrected chi connectivity index (χ0v) is 13.3. The highest BCUT2D eigenvalue weighted by atomic mass is 35.5. The zero-order chi connectivity index (χ0) is 16.2. The number of anilines is 1. The van der Waals surface area contributed by atoms with E-state index in [9.17, 15) is 4.79 Å². The second-order valence-corrected chi connectivity index (χ2v) is 5.96. The summed E-state index contributed by atoms with van der Waals surface area (Å²) >= 11 is 5.88. The molecule has 1 fully saturated rings. The predicted molar refractivity (Wildman–Crippen MR) is 90.2 cm³/mol. The standard InChI is InChI=1S/C18H16ClN3O/c19-16-5-1-15(2-6-16)12-22-10-9-21(13-18(22)23)17-7-3-14(11-20)4-8-17/h1-8H,9-10,12-13H2. The Bertz CT molecular complexity index is 734. The number of carbonyl (C=O) groups excluding carboxylic acids is 1. The van der Waals surface area contributed by atoms with Gasteiger partial charge in [-0.15, -0.1) is 0 Å². The van der Waals surface area contributed by atoms with E-state index >= 15 is 0 Å². The largest absolute Gasteiger partial charge is 0.360 e. The van der Waals surface area contributed by atoms with Gasteiger partial charge in [-0.25, -0.2) is 0 Å². The quantitative estimate of drug-likeness (QED) is 0.871. The van der Waals surface area contributed by atoms with Crippen LogP contribution in [0.2, 0.25) is 5.02 Å². The summed E-state index contributed by atoms with van der Waals surface area (Å²) in [7, 11) is 0. The summed E-state index contributed by atoms with van der Waals surface area (Å²) in [5.41, 5.74) is 2.68. The molecule has 116 valence electrons. The number of hydrogen-bond donors (Lipinski definition) is 0. The number of benzene rings is 2. The van der Waals surface area contributed by atoms with Crippen LogP contribution in [0.4, 0.5) is 5.69 Å². The molecule has 3 rings (SSSR count). The molecule has 0 bridgehead atoms. The Labute approximate surface area is 140 Å². The van der Waals surface area contributed by atoms with Crippen molar-refractivity contribution in [2.75, 3.05) is 24.5 Å². The van der Waals surface area contributed by atoms with Gasteiger partial charge in [0.25, 0.3) is 0 Å². The zero-order valence-electron chi connectivity index (χ0n) is 12.6. The monoisotopic (exact) mass is 325 g/mol. The molecule has 1 saturated heterocycles. The van der Waals surface area contributed by atoms with Gasteiger partial charge in [0.2, 0.25) is 5.91 Å². The van der Waals surface area contributed by atoms with Crippen LogP contribution in [-0.2, 0) is 11.3 Å². The minimum Gasteiger partial charge on any atom is -0.360 e. The fourth-order valence-corrected chi connectivity index (χ4v) is 2.78. The van der Waals surface area contributed by atoms with Crippen LogP contribution in [-0.4, -0.2) is 30.4 Å². The molecule has 2 aromatic carbocycles. The second kappa shape index (κ2) is 6.72. The van der Waals surface area contributed by atoms with E-state index in [1.807, 2.05) is 46.2 Å². The summed E-state index contributed by atoms with van der Waals surface area (Å²) in [4.78, 5) is 16.3. The third-order valence-electron chi connectivity index (χ3n) is 3.97. The van der Waals surface area contributed by atoms with Crippen molar-refractivity contribution < 1.29 is 4.79 Å². The second-order valence-electron chi connectivity index (χ2n) is 5.52. The van der Waals surface area contributed by atoms with Crippen LogP contribution in [0.1, 0.15) is 11.1 Å². The first-order valence-electron chi connectivity index (χ1n) is 7.43. The number of halogens is 1. The minimum absolute atomic E-state index is 0.107. The molecule has 0 atom stereocenters. The van der Waals surface area contributed by atoms with Gasteiger partial charge in [-0.2, -0.15) is 5.26 Å². The van der Waals surface area contributed by atoms with Crippen LogP contribution < -0.4 is 4.90 Å². The van der Waals surface area contributed by atoms with Gasteiger partial charge in [0.05, 0.1) is 18.2 Å². The molecule has 0 aliphatic carbocycles. The number of rotatable bonds is 3. The van der Waals surface area contributed by atoms with Gasteiger partial charge in [-0.3, -0.25) is 4.79 Å². The maximum Gasteiger partial charge on any atom is 0.242 e. The van der Waals surface area contributed by atoms with E-state index in [4.69, 9.17) is 16.9 Å². The molecule has 0 aromatic heterocycles. The Balaban J connectivity index is 1.63. The first-order valence-corrected chi connectivity index (χ1v) is 7.81. The summed E-state index contributed by atoms with van der Waals surface area (Å²) in [6.07, 6.45) is 0. The van der Waals surface area contributed by atoms with E-state index < -0.39 is 0 Å². The van der Waals surface area contributed by atoms with Gasteiger partial charge in [-0.1, -0.05) is 23.7 Å². The van der Waals surface area contributed by atoms with Gasteiger partial charge in [0.1, 0.15) is 0 Å². The lowest BCUT2D eigenvalue weighted by Gasteiger charge is -2.35. The minimum atomic E-state index is 0.107. The lowest BCUT2D eigenvalue weighted by Crippen LogP contribution is -2.50. The van der Waals surface area contributed by atoms with E-state index in [1.54, 1.807) is 12.1 Å². The Hall–Kier alpha value is -2.51. The Kier molecular flexibility index (Phi) is 4.50. The number of nitrogens with zero attached hydrogens (tertiary/aromatic N) is 3. The van der Waals surface area contributed by atoms with Crippen LogP contribution in [0.25, 0.3) is 0 Å².